The van der Waals surface area contributed by atoms with Crippen LogP contribution >= 0.6 is 0 Å². The van der Waals surface area contributed by atoms with E-state index in [0.717, 1.165) is 23.7 Å². The average molecular weight is 301 g/mol. The van der Waals surface area contributed by atoms with Gasteiger partial charge in [0.1, 0.15) is 6.54 Å². The fourth-order valence-corrected chi connectivity index (χ4v) is 3.00. The molecule has 0 saturated heterocycles. The van der Waals surface area contributed by atoms with Crippen molar-refractivity contribution >= 4 is 22.8 Å². The lowest BCUT2D eigenvalue weighted by Crippen LogP contribution is -2.40. The smallest absolute Gasteiger partial charge is 0.306 e. The molecule has 1 saturated carbocycles. The van der Waals surface area contributed by atoms with Gasteiger partial charge in [-0.25, -0.2) is 0 Å². The number of carbonyl (C=O) groups excluding carboxylic acids is 1. The fraction of sp³-hybridized carbons (Fsp3) is 0.438. The third-order valence-corrected chi connectivity index (χ3v) is 4.21. The quantitative estimate of drug-likeness (QED) is 0.902. The molecule has 1 aliphatic rings. The second-order valence-corrected chi connectivity index (χ2v) is 5.84. The second-order valence-electron chi connectivity index (χ2n) is 5.84. The van der Waals surface area contributed by atoms with E-state index in [9.17, 15) is 9.59 Å². The molecule has 3 rings (SSSR count). The molecule has 2 N–H and O–H groups in total. The summed E-state index contributed by atoms with van der Waals surface area (Å²) >= 11 is 0. The molecule has 2 aromatic rings. The van der Waals surface area contributed by atoms with E-state index in [0.29, 0.717) is 12.8 Å². The van der Waals surface area contributed by atoms with Crippen LogP contribution in [0.25, 0.3) is 10.9 Å². The van der Waals surface area contributed by atoms with Crippen LogP contribution in [0.15, 0.2) is 30.5 Å². The van der Waals surface area contributed by atoms with Crippen molar-refractivity contribution in [2.24, 2.45) is 5.92 Å². The number of rotatable bonds is 4. The van der Waals surface area contributed by atoms with Crippen molar-refractivity contribution in [1.29, 1.82) is 0 Å². The molecule has 6 nitrogen and oxygen atoms in total. The highest BCUT2D eigenvalue weighted by Gasteiger charge is 2.26. The lowest BCUT2D eigenvalue weighted by molar-refractivity contribution is -0.142. The Bertz CT molecular complexity index is 654. The summed E-state index contributed by atoms with van der Waals surface area (Å²) in [6.45, 7) is 0.188. The van der Waals surface area contributed by atoms with Crippen LogP contribution in [0.5, 0.6) is 0 Å². The van der Waals surface area contributed by atoms with Crippen LogP contribution < -0.4 is 5.32 Å². The third kappa shape index (κ3) is 3.27. The van der Waals surface area contributed by atoms with Crippen molar-refractivity contribution in [2.45, 2.75) is 38.3 Å². The molecule has 0 atom stereocenters. The number of carboxylic acids is 1. The topological polar surface area (TPSA) is 84.2 Å². The van der Waals surface area contributed by atoms with Crippen LogP contribution in [0, 0.1) is 5.92 Å². The maximum Gasteiger partial charge on any atom is 0.306 e. The van der Waals surface area contributed by atoms with E-state index >= 15 is 0 Å². The first-order valence-corrected chi connectivity index (χ1v) is 7.56. The minimum atomic E-state index is -0.729. The zero-order chi connectivity index (χ0) is 15.5. The van der Waals surface area contributed by atoms with Crippen LogP contribution in [0.3, 0.4) is 0 Å². The molecule has 1 fully saturated rings. The number of hydrogen-bond acceptors (Lipinski definition) is 3. The van der Waals surface area contributed by atoms with Crippen molar-refractivity contribution in [3.05, 3.63) is 30.5 Å². The van der Waals surface area contributed by atoms with Gasteiger partial charge in [-0.05, 0) is 31.7 Å². The van der Waals surface area contributed by atoms with Crippen LogP contribution in [0.4, 0.5) is 0 Å². The van der Waals surface area contributed by atoms with E-state index in [1.165, 1.54) is 0 Å². The number of aromatic nitrogens is 2. The van der Waals surface area contributed by atoms with E-state index in [-0.39, 0.29) is 24.4 Å². The molecule has 1 aliphatic carbocycles. The molecular formula is C16H19N3O3. The number of aliphatic carboxylic acids is 1. The Morgan fingerprint density at radius 1 is 1.23 bits per heavy atom. The SMILES string of the molecule is O=C(Cn1cc2ccccc2n1)NC1CCC(C(=O)O)CC1. The van der Waals surface area contributed by atoms with Gasteiger partial charge in [0, 0.05) is 17.6 Å². The molecule has 116 valence electrons. The van der Waals surface area contributed by atoms with Crippen LogP contribution in [0.1, 0.15) is 25.7 Å². The molecule has 0 radical (unpaired) electrons. The zero-order valence-corrected chi connectivity index (χ0v) is 12.2. The lowest BCUT2D eigenvalue weighted by atomic mass is 9.86. The van der Waals surface area contributed by atoms with Gasteiger partial charge in [0.15, 0.2) is 0 Å². The van der Waals surface area contributed by atoms with E-state index < -0.39 is 5.97 Å². The van der Waals surface area contributed by atoms with Crippen molar-refractivity contribution in [3.63, 3.8) is 0 Å². The van der Waals surface area contributed by atoms with E-state index in [1.807, 2.05) is 30.5 Å². The summed E-state index contributed by atoms with van der Waals surface area (Å²) in [6, 6.07) is 7.81. The van der Waals surface area contributed by atoms with E-state index in [2.05, 4.69) is 10.4 Å². The number of fused-ring (bicyclic) bond motifs is 1. The molecule has 1 aromatic carbocycles. The first kappa shape index (κ1) is 14.6. The molecule has 1 amide bonds. The molecular weight excluding hydrogens is 282 g/mol. The number of benzene rings is 1. The first-order chi connectivity index (χ1) is 10.6. The Balaban J connectivity index is 1.53. The Labute approximate surface area is 128 Å². The molecule has 0 bridgehead atoms. The Kier molecular flexibility index (Phi) is 4.09. The zero-order valence-electron chi connectivity index (χ0n) is 12.2. The van der Waals surface area contributed by atoms with E-state index in [1.54, 1.807) is 4.68 Å². The predicted octanol–water partition coefficient (Wildman–Crippen LogP) is 1.80. The minimum Gasteiger partial charge on any atom is -0.481 e. The molecule has 0 spiro atoms. The number of amides is 1. The Morgan fingerprint density at radius 3 is 2.64 bits per heavy atom. The molecule has 0 aliphatic heterocycles. The van der Waals surface area contributed by atoms with Gasteiger partial charge in [-0.3, -0.25) is 14.3 Å². The summed E-state index contributed by atoms with van der Waals surface area (Å²) in [7, 11) is 0. The summed E-state index contributed by atoms with van der Waals surface area (Å²) < 4.78 is 1.64. The average Bonchev–Trinajstić information content (AvgIpc) is 2.89. The molecule has 6 heteroatoms. The fourth-order valence-electron chi connectivity index (χ4n) is 3.00. The predicted molar refractivity (Wildman–Crippen MR) is 81.3 cm³/mol. The van der Waals surface area contributed by atoms with Crippen LogP contribution in [-0.4, -0.2) is 32.8 Å². The van der Waals surface area contributed by atoms with Gasteiger partial charge in [-0.2, -0.15) is 5.10 Å². The highest BCUT2D eigenvalue weighted by atomic mass is 16.4. The van der Waals surface area contributed by atoms with Gasteiger partial charge in [0.2, 0.25) is 5.91 Å². The van der Waals surface area contributed by atoms with Crippen molar-refractivity contribution in [2.75, 3.05) is 0 Å². The van der Waals surface area contributed by atoms with Crippen molar-refractivity contribution in [1.82, 2.24) is 15.1 Å². The number of nitrogens with one attached hydrogen (secondary N) is 1. The Hall–Kier alpha value is -2.37. The normalized spacial score (nSPS) is 21.6. The maximum absolute atomic E-state index is 12.1. The summed E-state index contributed by atoms with van der Waals surface area (Å²) in [6.07, 6.45) is 4.57. The Morgan fingerprint density at radius 2 is 1.95 bits per heavy atom. The van der Waals surface area contributed by atoms with Crippen molar-refractivity contribution < 1.29 is 14.7 Å². The molecule has 22 heavy (non-hydrogen) atoms. The van der Waals surface area contributed by atoms with E-state index in [4.69, 9.17) is 5.11 Å². The minimum absolute atomic E-state index is 0.0769. The van der Waals surface area contributed by atoms with Crippen LogP contribution in [-0.2, 0) is 16.1 Å². The van der Waals surface area contributed by atoms with Gasteiger partial charge in [0.25, 0.3) is 0 Å². The molecule has 0 unspecified atom stereocenters. The van der Waals surface area contributed by atoms with Gasteiger partial charge in [-0.1, -0.05) is 18.2 Å². The monoisotopic (exact) mass is 301 g/mol. The number of carboxylic acid groups (broad SMARTS) is 1. The summed E-state index contributed by atoms with van der Waals surface area (Å²) in [5.74, 6) is -1.07. The molecule has 1 heterocycles. The second kappa shape index (κ2) is 6.17. The summed E-state index contributed by atoms with van der Waals surface area (Å²) in [5, 5.41) is 17.3. The van der Waals surface area contributed by atoms with Gasteiger partial charge >= 0.3 is 5.97 Å². The summed E-state index contributed by atoms with van der Waals surface area (Å²) in [4.78, 5) is 23.0. The van der Waals surface area contributed by atoms with Gasteiger partial charge < -0.3 is 10.4 Å². The largest absolute Gasteiger partial charge is 0.481 e. The first-order valence-electron chi connectivity index (χ1n) is 7.56. The van der Waals surface area contributed by atoms with Gasteiger partial charge in [0.05, 0.1) is 11.4 Å². The number of carbonyl (C=O) groups is 2. The highest BCUT2D eigenvalue weighted by molar-refractivity contribution is 5.80. The maximum atomic E-state index is 12.1. The number of nitrogens with zero attached hydrogens (tertiary/aromatic N) is 2. The summed E-state index contributed by atoms with van der Waals surface area (Å²) in [5.41, 5.74) is 0.872. The third-order valence-electron chi connectivity index (χ3n) is 4.21. The number of hydrogen-bond donors (Lipinski definition) is 2. The standard InChI is InChI=1S/C16H19N3O3/c20-15(17-13-7-5-11(6-8-13)16(21)22)10-19-9-12-3-1-2-4-14(12)18-19/h1-4,9,11,13H,5-8,10H2,(H,17,20)(H,21,22). The van der Waals surface area contributed by atoms with Crippen LogP contribution in [0.2, 0.25) is 0 Å². The van der Waals surface area contributed by atoms with Crippen molar-refractivity contribution in [3.8, 4) is 0 Å². The lowest BCUT2D eigenvalue weighted by Gasteiger charge is -2.26. The highest BCUT2D eigenvalue weighted by Crippen LogP contribution is 2.24. The van der Waals surface area contributed by atoms with Gasteiger partial charge in [-0.15, -0.1) is 0 Å². The molecule has 1 aromatic heterocycles.